The van der Waals surface area contributed by atoms with E-state index in [2.05, 4.69) is 10.9 Å². The van der Waals surface area contributed by atoms with Gasteiger partial charge in [0.05, 0.1) is 25.3 Å². The van der Waals surface area contributed by atoms with Gasteiger partial charge in [-0.15, -0.1) is 5.73 Å². The van der Waals surface area contributed by atoms with E-state index in [1.54, 1.807) is 12.1 Å². The number of carbonyl (C=O) groups excluding carboxylic acids is 1. The van der Waals surface area contributed by atoms with E-state index in [1.807, 2.05) is 11.5 Å². The van der Waals surface area contributed by atoms with Crippen LogP contribution in [0.1, 0.15) is 54.4 Å². The van der Waals surface area contributed by atoms with E-state index in [-0.39, 0.29) is 30.0 Å². The number of aryl methyl sites for hydroxylation is 2. The number of fused-ring (bicyclic) bond motifs is 2. The topological polar surface area (TPSA) is 87.2 Å². The van der Waals surface area contributed by atoms with Gasteiger partial charge in [0.15, 0.2) is 5.58 Å². The van der Waals surface area contributed by atoms with Gasteiger partial charge in [0, 0.05) is 66.9 Å². The average molecular weight is 506 g/mol. The highest BCUT2D eigenvalue weighted by Crippen LogP contribution is 2.35. The van der Waals surface area contributed by atoms with E-state index in [9.17, 15) is 14.0 Å². The molecule has 0 unspecified atom stereocenters. The Morgan fingerprint density at radius 2 is 2.11 bits per heavy atom. The molecule has 6 rings (SSSR count). The van der Waals surface area contributed by atoms with Gasteiger partial charge < -0.3 is 9.26 Å². The van der Waals surface area contributed by atoms with Crippen molar-refractivity contribution in [3.05, 3.63) is 74.5 Å². The minimum Gasteiger partial charge on any atom is -0.411 e. The Morgan fingerprint density at radius 1 is 1.30 bits per heavy atom. The molecule has 8 nitrogen and oxygen atoms in total. The molecule has 4 heterocycles. The molecule has 3 aliphatic rings. The summed E-state index contributed by atoms with van der Waals surface area (Å²) in [5, 5.41) is 5.11. The highest BCUT2D eigenvalue weighted by atomic mass is 19.1. The van der Waals surface area contributed by atoms with Crippen LogP contribution in [0.2, 0.25) is 0 Å². The van der Waals surface area contributed by atoms with Gasteiger partial charge in [-0.3, -0.25) is 13.8 Å². The van der Waals surface area contributed by atoms with Gasteiger partial charge in [-0.25, -0.2) is 14.2 Å². The zero-order chi connectivity index (χ0) is 25.6. The van der Waals surface area contributed by atoms with Crippen molar-refractivity contribution in [3.8, 4) is 0 Å². The Labute approximate surface area is 213 Å². The summed E-state index contributed by atoms with van der Waals surface area (Å²) in [5.74, 6) is 0.357. The van der Waals surface area contributed by atoms with Crippen molar-refractivity contribution in [2.45, 2.75) is 57.9 Å². The van der Waals surface area contributed by atoms with Crippen molar-refractivity contribution in [2.75, 3.05) is 26.4 Å². The van der Waals surface area contributed by atoms with Crippen molar-refractivity contribution in [2.24, 2.45) is 0 Å². The van der Waals surface area contributed by atoms with E-state index in [4.69, 9.17) is 14.2 Å². The van der Waals surface area contributed by atoms with Crippen LogP contribution in [0.4, 0.5) is 4.39 Å². The van der Waals surface area contributed by atoms with E-state index >= 15 is 0 Å². The summed E-state index contributed by atoms with van der Waals surface area (Å²) < 4.78 is 27.1. The number of halogens is 1. The minimum absolute atomic E-state index is 0.0702. The van der Waals surface area contributed by atoms with Crippen LogP contribution >= 0.6 is 0 Å². The lowest BCUT2D eigenvalue weighted by Crippen LogP contribution is -2.55. The quantitative estimate of drug-likeness (QED) is 0.277. The summed E-state index contributed by atoms with van der Waals surface area (Å²) in [7, 11) is 0. The van der Waals surface area contributed by atoms with E-state index in [1.165, 1.54) is 12.1 Å². The number of quaternary nitrogens is 1. The molecular weight excluding hydrogens is 475 g/mol. The van der Waals surface area contributed by atoms with Crippen LogP contribution in [0.5, 0.6) is 0 Å². The molecule has 1 aromatic carbocycles. The third-order valence-electron chi connectivity index (χ3n) is 8.15. The molecule has 192 valence electrons. The fourth-order valence-corrected chi connectivity index (χ4v) is 5.83. The van der Waals surface area contributed by atoms with Gasteiger partial charge in [-0.05, 0) is 31.9 Å². The molecule has 0 N–H and O–H groups in total. The van der Waals surface area contributed by atoms with Crippen LogP contribution in [0.25, 0.3) is 11.0 Å². The molecule has 1 aliphatic carbocycles. The van der Waals surface area contributed by atoms with Gasteiger partial charge >= 0.3 is 5.97 Å². The second kappa shape index (κ2) is 9.39. The fraction of sp³-hybridized carbons (Fsp3) is 0.464. The number of esters is 1. The van der Waals surface area contributed by atoms with E-state index in [0.29, 0.717) is 28.6 Å². The van der Waals surface area contributed by atoms with Crippen molar-refractivity contribution in [1.82, 2.24) is 14.7 Å². The number of rotatable bonds is 7. The number of likely N-dealkylation sites (tertiary alicyclic amines) is 1. The van der Waals surface area contributed by atoms with E-state index < -0.39 is 0 Å². The first kappa shape index (κ1) is 23.8. The van der Waals surface area contributed by atoms with Gasteiger partial charge in [-0.1, -0.05) is 5.16 Å². The summed E-state index contributed by atoms with van der Waals surface area (Å²) in [6.45, 7) is 5.10. The second-order valence-corrected chi connectivity index (χ2v) is 10.5. The normalized spacial score (nSPS) is 22.5. The summed E-state index contributed by atoms with van der Waals surface area (Å²) >= 11 is 0. The van der Waals surface area contributed by atoms with Gasteiger partial charge in [-0.2, -0.15) is 0 Å². The van der Waals surface area contributed by atoms with Gasteiger partial charge in [0.2, 0.25) is 6.73 Å². The van der Waals surface area contributed by atoms with Crippen molar-refractivity contribution < 1.29 is 22.9 Å². The molecule has 0 saturated carbocycles. The largest absolute Gasteiger partial charge is 0.411 e. The molecule has 3 aromatic rings. The Kier molecular flexibility index (Phi) is 6.05. The van der Waals surface area contributed by atoms with Crippen LogP contribution in [0.15, 0.2) is 44.9 Å². The molecule has 37 heavy (non-hydrogen) atoms. The lowest BCUT2D eigenvalue weighted by molar-refractivity contribution is -0.947. The SMILES string of the molecule is Cc1nc2n(c(=O)c1CC[N+]1(COC(=O)C3=C=C3)CCC(c3noc4cc(F)ccc34)CC1)CCCC2. The molecule has 0 atom stereocenters. The molecule has 2 aromatic heterocycles. The molecule has 0 spiro atoms. The van der Waals surface area contributed by atoms with E-state index in [0.717, 1.165) is 79.9 Å². The zero-order valence-corrected chi connectivity index (χ0v) is 21.0. The monoisotopic (exact) mass is 505 g/mol. The molecule has 9 heteroatoms. The Balaban J connectivity index is 1.21. The number of hydrogen-bond acceptors (Lipinski definition) is 6. The number of piperidine rings is 1. The first-order valence-electron chi connectivity index (χ1n) is 13.1. The highest BCUT2D eigenvalue weighted by Gasteiger charge is 2.38. The maximum atomic E-state index is 13.6. The van der Waals surface area contributed by atoms with Crippen LogP contribution in [0.3, 0.4) is 0 Å². The summed E-state index contributed by atoms with van der Waals surface area (Å²) in [6, 6.07) is 4.52. The first-order chi connectivity index (χ1) is 17.9. The van der Waals surface area contributed by atoms with Gasteiger partial charge in [0.1, 0.15) is 17.2 Å². The lowest BCUT2D eigenvalue weighted by Gasteiger charge is -2.42. The average Bonchev–Trinajstić information content (AvgIpc) is 3.68. The molecule has 0 radical (unpaired) electrons. The summed E-state index contributed by atoms with van der Waals surface area (Å²) in [6.07, 6.45) is 6.75. The molecule has 1 fully saturated rings. The van der Waals surface area contributed by atoms with Crippen molar-refractivity contribution in [1.29, 1.82) is 0 Å². The smallest absolute Gasteiger partial charge is 0.350 e. The number of carbonyl (C=O) groups is 1. The second-order valence-electron chi connectivity index (χ2n) is 10.5. The minimum atomic E-state index is -0.351. The summed E-state index contributed by atoms with van der Waals surface area (Å²) in [5.41, 5.74) is 6.22. The third-order valence-corrected chi connectivity index (χ3v) is 8.15. The predicted molar refractivity (Wildman–Crippen MR) is 133 cm³/mol. The van der Waals surface area contributed by atoms with Crippen LogP contribution in [-0.4, -0.2) is 51.5 Å². The Hall–Kier alpha value is -3.55. The first-order valence-corrected chi connectivity index (χ1v) is 13.1. The maximum Gasteiger partial charge on any atom is 0.350 e. The fourth-order valence-electron chi connectivity index (χ4n) is 5.83. The molecule has 1 saturated heterocycles. The lowest BCUT2D eigenvalue weighted by atomic mass is 9.90. The molecule has 2 aliphatic heterocycles. The predicted octanol–water partition coefficient (Wildman–Crippen LogP) is 3.70. The third kappa shape index (κ3) is 4.65. The standard InChI is InChI=1S/C28H30FN4O4/c1-18-22(27(34)32-12-3-2-4-25(32)30-18)11-15-33(17-36-28(35)20-5-6-20)13-9-19(10-14-33)26-23-8-7-21(29)16-24(23)37-31-26/h5,7-8,16,19H,2-4,9-15,17H2,1H3/q+1. The molecule has 0 bridgehead atoms. The van der Waals surface area contributed by atoms with Crippen LogP contribution < -0.4 is 5.56 Å². The van der Waals surface area contributed by atoms with Crippen LogP contribution in [-0.2, 0) is 28.9 Å². The zero-order valence-electron chi connectivity index (χ0n) is 21.0. The number of ether oxygens (including phenoxy) is 1. The molecule has 0 amide bonds. The van der Waals surface area contributed by atoms with Crippen LogP contribution in [0, 0.1) is 12.7 Å². The Bertz CT molecular complexity index is 1510. The van der Waals surface area contributed by atoms with Crippen molar-refractivity contribution >= 4 is 16.9 Å². The Morgan fingerprint density at radius 3 is 2.89 bits per heavy atom. The number of nitrogens with zero attached hydrogens (tertiary/aromatic N) is 4. The number of aromatic nitrogens is 3. The molecular formula is C28H30FN4O4+. The van der Waals surface area contributed by atoms with Gasteiger partial charge in [0.25, 0.3) is 5.56 Å². The maximum absolute atomic E-state index is 13.6. The van der Waals surface area contributed by atoms with Crippen molar-refractivity contribution in [3.63, 3.8) is 0 Å². The highest BCUT2D eigenvalue weighted by molar-refractivity contribution is 5.95. The number of hydrogen-bond donors (Lipinski definition) is 0. The number of benzene rings is 1. The summed E-state index contributed by atoms with van der Waals surface area (Å²) in [4.78, 5) is 30.3.